The minimum Gasteiger partial charge on any atom is -0.475 e. The number of hydrogen-bond acceptors (Lipinski definition) is 3. The topological polar surface area (TPSA) is 31.4 Å². The first-order valence-corrected chi connectivity index (χ1v) is 7.89. The zero-order chi connectivity index (χ0) is 9.52. The van der Waals surface area contributed by atoms with E-state index in [1.807, 2.05) is 25.1 Å². The summed E-state index contributed by atoms with van der Waals surface area (Å²) in [6, 6.07) is 5.72. The van der Waals surface area contributed by atoms with Crippen LogP contribution in [0.1, 0.15) is 5.69 Å². The zero-order valence-electron chi connectivity index (χ0n) is 7.29. The lowest BCUT2D eigenvalue weighted by Gasteiger charge is -2.04. The molecule has 0 fully saturated rings. The number of aryl methyl sites for hydroxylation is 1. The number of aromatic nitrogens is 1. The number of ether oxygens (including phenoxy) is 1. The third kappa shape index (κ3) is 4.74. The predicted molar refractivity (Wildman–Crippen MR) is 62.8 cm³/mol. The number of nitrogens with zero attached hydrogens (tertiary/aromatic N) is 1. The maximum absolute atomic E-state index is 5.35. The Balaban J connectivity index is 2.28. The summed E-state index contributed by atoms with van der Waals surface area (Å²) < 4.78 is 10.5. The van der Waals surface area contributed by atoms with Crippen molar-refractivity contribution >= 4 is 28.5 Å². The van der Waals surface area contributed by atoms with Gasteiger partial charge >= 0.3 is 0 Å². The van der Waals surface area contributed by atoms with Crippen LogP contribution in [0.5, 0.6) is 5.88 Å². The number of pyridine rings is 1. The smallest absolute Gasteiger partial charge is 0.213 e. The lowest BCUT2D eigenvalue weighted by molar-refractivity contribution is 0.230. The van der Waals surface area contributed by atoms with Crippen LogP contribution in [0.4, 0.5) is 0 Å². The van der Waals surface area contributed by atoms with Gasteiger partial charge in [0.2, 0.25) is 5.88 Å². The summed E-state index contributed by atoms with van der Waals surface area (Å²) in [7, 11) is 0. The summed E-state index contributed by atoms with van der Waals surface area (Å²) in [5.41, 5.74) is 0.967. The molecule has 1 heterocycles. The summed E-state index contributed by atoms with van der Waals surface area (Å²) in [5, 5.41) is 0. The fraction of sp³-hybridized carbons (Fsp3) is 0.375. The van der Waals surface area contributed by atoms with Crippen LogP contribution in [0.2, 0.25) is 0 Å². The summed E-state index contributed by atoms with van der Waals surface area (Å²) in [6.07, 6.45) is 0. The van der Waals surface area contributed by atoms with Gasteiger partial charge in [0.15, 0.2) is 0 Å². The van der Waals surface area contributed by atoms with Crippen molar-refractivity contribution in [3.63, 3.8) is 0 Å². The molecule has 0 N–H and O–H groups in total. The molecule has 0 aliphatic rings. The van der Waals surface area contributed by atoms with Gasteiger partial charge in [-0.2, -0.15) is 0 Å². The largest absolute Gasteiger partial charge is 0.475 e. The molecule has 0 aliphatic carbocycles. The molecule has 1 rings (SSSR count). The van der Waals surface area contributed by atoms with Crippen molar-refractivity contribution in [1.29, 1.82) is 0 Å². The van der Waals surface area contributed by atoms with Gasteiger partial charge in [0.25, 0.3) is 0 Å². The lowest BCUT2D eigenvalue weighted by atomic mass is 10.4. The van der Waals surface area contributed by atoms with Crippen LogP contribution in [-0.4, -0.2) is 18.2 Å². The SMILES string of the molecule is Cc1cccc(OCCOPI)n1. The molecule has 0 saturated heterocycles. The number of halogens is 1. The van der Waals surface area contributed by atoms with Crippen LogP contribution in [0.15, 0.2) is 18.2 Å². The maximum atomic E-state index is 5.35. The molecular formula is C8H11INO2P. The van der Waals surface area contributed by atoms with Gasteiger partial charge in [-0.25, -0.2) is 4.98 Å². The molecule has 1 unspecified atom stereocenters. The molecule has 13 heavy (non-hydrogen) atoms. The van der Waals surface area contributed by atoms with E-state index in [2.05, 4.69) is 27.0 Å². The van der Waals surface area contributed by atoms with Crippen LogP contribution in [0.25, 0.3) is 0 Å². The first kappa shape index (κ1) is 11.1. The van der Waals surface area contributed by atoms with E-state index >= 15 is 0 Å². The highest BCUT2D eigenvalue weighted by molar-refractivity contribution is 14.2. The molecule has 0 aliphatic heterocycles. The summed E-state index contributed by atoms with van der Waals surface area (Å²) >= 11 is 2.18. The van der Waals surface area contributed by atoms with Gasteiger partial charge in [0, 0.05) is 11.8 Å². The third-order valence-electron chi connectivity index (χ3n) is 1.35. The Morgan fingerprint density at radius 3 is 3.00 bits per heavy atom. The van der Waals surface area contributed by atoms with Gasteiger partial charge in [0.1, 0.15) is 6.61 Å². The van der Waals surface area contributed by atoms with Crippen molar-refractivity contribution in [3.05, 3.63) is 23.9 Å². The second-order valence-corrected chi connectivity index (χ2v) is 4.16. The van der Waals surface area contributed by atoms with Crippen LogP contribution < -0.4 is 4.74 Å². The highest BCUT2D eigenvalue weighted by Gasteiger charge is 1.94. The molecule has 0 bridgehead atoms. The lowest BCUT2D eigenvalue weighted by Crippen LogP contribution is -2.04. The van der Waals surface area contributed by atoms with Crippen molar-refractivity contribution in [1.82, 2.24) is 4.98 Å². The number of hydrogen-bond donors (Lipinski definition) is 0. The molecule has 0 amide bonds. The fourth-order valence-electron chi connectivity index (χ4n) is 0.825. The van der Waals surface area contributed by atoms with E-state index in [-0.39, 0.29) is 0 Å². The third-order valence-corrected chi connectivity index (χ3v) is 2.60. The van der Waals surface area contributed by atoms with Crippen molar-refractivity contribution < 1.29 is 9.26 Å². The van der Waals surface area contributed by atoms with Gasteiger partial charge in [-0.3, -0.25) is 0 Å². The second-order valence-electron chi connectivity index (χ2n) is 2.39. The van der Waals surface area contributed by atoms with Crippen LogP contribution >= 0.6 is 28.5 Å². The van der Waals surface area contributed by atoms with Crippen LogP contribution in [0, 0.1) is 6.92 Å². The van der Waals surface area contributed by atoms with Gasteiger partial charge < -0.3 is 9.26 Å². The highest BCUT2D eigenvalue weighted by atomic mass is 127. The van der Waals surface area contributed by atoms with Crippen LogP contribution in [-0.2, 0) is 4.52 Å². The van der Waals surface area contributed by atoms with E-state index in [1.54, 1.807) is 0 Å². The molecular weight excluding hydrogens is 300 g/mol. The van der Waals surface area contributed by atoms with Crippen molar-refractivity contribution in [3.8, 4) is 5.88 Å². The second kappa shape index (κ2) is 6.51. The minimum absolute atomic E-state index is 0.493. The maximum Gasteiger partial charge on any atom is 0.213 e. The Labute approximate surface area is 92.6 Å². The minimum atomic E-state index is 0.493. The Kier molecular flexibility index (Phi) is 5.58. The number of rotatable bonds is 5. The molecule has 0 aromatic carbocycles. The summed E-state index contributed by atoms with van der Waals surface area (Å²) in [6.45, 7) is 3.62. The molecule has 1 aromatic heterocycles. The van der Waals surface area contributed by atoms with E-state index in [9.17, 15) is 0 Å². The van der Waals surface area contributed by atoms with E-state index in [4.69, 9.17) is 9.26 Å². The van der Waals surface area contributed by atoms with Gasteiger partial charge in [-0.15, -0.1) is 0 Å². The van der Waals surface area contributed by atoms with Crippen molar-refractivity contribution in [2.75, 3.05) is 13.2 Å². The first-order valence-electron chi connectivity index (χ1n) is 3.87. The Morgan fingerprint density at radius 2 is 2.31 bits per heavy atom. The molecule has 5 heteroatoms. The highest BCUT2D eigenvalue weighted by Crippen LogP contribution is 2.20. The normalized spacial score (nSPS) is 10.9. The molecule has 0 saturated carbocycles. The predicted octanol–water partition coefficient (Wildman–Crippen LogP) is 2.73. The van der Waals surface area contributed by atoms with E-state index < -0.39 is 0 Å². The fourth-order valence-corrected chi connectivity index (χ4v) is 1.65. The molecule has 72 valence electrons. The standard InChI is InChI=1S/C8H11INO2P/c1-7-3-2-4-8(10-7)11-5-6-12-13-9/h2-4,13H,5-6H2,1H3. The average molecular weight is 311 g/mol. The molecule has 0 spiro atoms. The van der Waals surface area contributed by atoms with E-state index in [0.717, 1.165) is 5.69 Å². The Morgan fingerprint density at radius 1 is 1.46 bits per heavy atom. The summed E-state index contributed by atoms with van der Waals surface area (Å²) in [5.74, 6) is 0.667. The Bertz CT molecular complexity index is 260. The van der Waals surface area contributed by atoms with Gasteiger partial charge in [-0.05, 0) is 35.0 Å². The first-order chi connectivity index (χ1) is 6.33. The molecule has 0 radical (unpaired) electrons. The zero-order valence-corrected chi connectivity index (χ0v) is 10.4. The Hall–Kier alpha value is 0.0700. The quantitative estimate of drug-likeness (QED) is 0.476. The van der Waals surface area contributed by atoms with Gasteiger partial charge in [-0.1, -0.05) is 6.07 Å². The monoisotopic (exact) mass is 311 g/mol. The average Bonchev–Trinajstić information content (AvgIpc) is 2.13. The molecule has 1 atom stereocenters. The van der Waals surface area contributed by atoms with Crippen LogP contribution in [0.3, 0.4) is 0 Å². The van der Waals surface area contributed by atoms with Crippen molar-refractivity contribution in [2.24, 2.45) is 0 Å². The van der Waals surface area contributed by atoms with Crippen molar-refractivity contribution in [2.45, 2.75) is 6.92 Å². The van der Waals surface area contributed by atoms with E-state index in [1.165, 1.54) is 0 Å². The van der Waals surface area contributed by atoms with E-state index in [0.29, 0.717) is 25.5 Å². The molecule has 1 aromatic rings. The van der Waals surface area contributed by atoms with Gasteiger partial charge in [0.05, 0.1) is 13.1 Å². The molecule has 3 nitrogen and oxygen atoms in total. The summed E-state index contributed by atoms with van der Waals surface area (Å²) in [4.78, 5) is 4.19.